The number of nitrogens with one attached hydrogen (secondary N) is 1. The zero-order chi connectivity index (χ0) is 24.2. The van der Waals surface area contributed by atoms with Crippen LogP contribution < -0.4 is 15.0 Å². The molecule has 0 atom stereocenters. The number of hydrogen-bond acceptors (Lipinski definition) is 5. The summed E-state index contributed by atoms with van der Waals surface area (Å²) in [5.41, 5.74) is 1.77. The molecule has 1 heterocycles. The zero-order valence-electron chi connectivity index (χ0n) is 17.3. The summed E-state index contributed by atoms with van der Waals surface area (Å²) in [6, 6.07) is 18.9. The van der Waals surface area contributed by atoms with Gasteiger partial charge in [-0.05, 0) is 54.1 Å². The van der Waals surface area contributed by atoms with Crippen molar-refractivity contribution in [2.24, 2.45) is 0 Å². The van der Waals surface area contributed by atoms with E-state index in [0.29, 0.717) is 41.4 Å². The number of nitrogens with zero attached hydrogens (tertiary/aromatic N) is 1. The van der Waals surface area contributed by atoms with Gasteiger partial charge in [-0.3, -0.25) is 14.5 Å². The SMILES string of the molecule is O=C(COc1cccc(/C=C2\SC(=S)N(c3ccc(Cl)c(Cl)c3)C2=O)c1)Nc1ccccc1Cl. The van der Waals surface area contributed by atoms with Crippen LogP contribution in [-0.2, 0) is 9.59 Å². The monoisotopic (exact) mass is 548 g/mol. The average Bonchev–Trinajstić information content (AvgIpc) is 3.09. The van der Waals surface area contributed by atoms with E-state index in [1.807, 2.05) is 6.07 Å². The second-order valence-corrected chi connectivity index (χ2v) is 9.90. The maximum absolute atomic E-state index is 13.0. The van der Waals surface area contributed by atoms with Gasteiger partial charge in [-0.15, -0.1) is 0 Å². The van der Waals surface area contributed by atoms with Crippen molar-refractivity contribution < 1.29 is 14.3 Å². The molecule has 1 fully saturated rings. The van der Waals surface area contributed by atoms with Gasteiger partial charge in [0.2, 0.25) is 0 Å². The summed E-state index contributed by atoms with van der Waals surface area (Å²) in [4.78, 5) is 27.1. The lowest BCUT2D eigenvalue weighted by atomic mass is 10.2. The predicted octanol–water partition coefficient (Wildman–Crippen LogP) is 7.07. The molecule has 34 heavy (non-hydrogen) atoms. The third kappa shape index (κ3) is 5.74. The highest BCUT2D eigenvalue weighted by atomic mass is 35.5. The number of ether oxygens (including phenoxy) is 1. The van der Waals surface area contributed by atoms with Gasteiger partial charge in [0.1, 0.15) is 5.75 Å². The topological polar surface area (TPSA) is 58.6 Å². The second kappa shape index (κ2) is 10.8. The van der Waals surface area contributed by atoms with E-state index in [9.17, 15) is 9.59 Å². The van der Waals surface area contributed by atoms with Crippen LogP contribution in [-0.4, -0.2) is 22.7 Å². The lowest BCUT2D eigenvalue weighted by Gasteiger charge is -2.15. The maximum atomic E-state index is 13.0. The van der Waals surface area contributed by atoms with Crippen molar-refractivity contribution >= 4 is 92.4 Å². The summed E-state index contributed by atoms with van der Waals surface area (Å²) in [5, 5.41) is 3.87. The predicted molar refractivity (Wildman–Crippen MR) is 144 cm³/mol. The van der Waals surface area contributed by atoms with Crippen LogP contribution in [0.4, 0.5) is 11.4 Å². The van der Waals surface area contributed by atoms with Gasteiger partial charge >= 0.3 is 0 Å². The fraction of sp³-hybridized carbons (Fsp3) is 0.0417. The highest BCUT2D eigenvalue weighted by Crippen LogP contribution is 2.38. The summed E-state index contributed by atoms with van der Waals surface area (Å²) in [6.07, 6.45) is 1.72. The molecule has 2 amide bonds. The van der Waals surface area contributed by atoms with E-state index in [1.54, 1.807) is 66.7 Å². The molecule has 4 rings (SSSR count). The van der Waals surface area contributed by atoms with Gasteiger partial charge in [0.15, 0.2) is 10.9 Å². The third-order valence-electron chi connectivity index (χ3n) is 4.63. The standard InChI is InChI=1S/C24H15Cl3N2O3S2/c25-17-9-8-15(12-19(17)27)29-23(31)21(34-24(29)33)11-14-4-3-5-16(10-14)32-13-22(30)28-20-7-2-1-6-18(20)26/h1-12H,13H2,(H,28,30)/b21-11-. The van der Waals surface area contributed by atoms with Crippen LogP contribution in [0.3, 0.4) is 0 Å². The molecule has 1 aliphatic rings. The summed E-state index contributed by atoms with van der Waals surface area (Å²) in [6.45, 7) is -0.200. The molecule has 1 saturated heterocycles. The molecule has 3 aromatic rings. The van der Waals surface area contributed by atoms with E-state index < -0.39 is 0 Å². The normalized spacial score (nSPS) is 14.6. The molecule has 0 unspecified atom stereocenters. The molecule has 0 spiro atoms. The lowest BCUT2D eigenvalue weighted by molar-refractivity contribution is -0.118. The van der Waals surface area contributed by atoms with E-state index in [-0.39, 0.29) is 18.4 Å². The molecule has 172 valence electrons. The minimum absolute atomic E-state index is 0.200. The summed E-state index contributed by atoms with van der Waals surface area (Å²) in [7, 11) is 0. The molecule has 5 nitrogen and oxygen atoms in total. The van der Waals surface area contributed by atoms with Crippen LogP contribution >= 0.6 is 58.8 Å². The molecule has 10 heteroatoms. The van der Waals surface area contributed by atoms with Crippen LogP contribution in [0.15, 0.2) is 71.6 Å². The molecule has 0 saturated carbocycles. The Hall–Kier alpha value is -2.55. The van der Waals surface area contributed by atoms with Crippen LogP contribution in [0.25, 0.3) is 6.08 Å². The molecule has 0 aliphatic carbocycles. The van der Waals surface area contributed by atoms with Gasteiger partial charge < -0.3 is 10.1 Å². The number of anilines is 2. The number of thiocarbonyl (C=S) groups is 1. The number of benzene rings is 3. The Labute approximate surface area is 220 Å². The number of thioether (sulfide) groups is 1. The maximum Gasteiger partial charge on any atom is 0.270 e. The Kier molecular flexibility index (Phi) is 7.80. The van der Waals surface area contributed by atoms with Crippen molar-refractivity contribution in [2.75, 3.05) is 16.8 Å². The van der Waals surface area contributed by atoms with Gasteiger partial charge in [0.25, 0.3) is 11.8 Å². The van der Waals surface area contributed by atoms with Crippen molar-refractivity contribution in [1.29, 1.82) is 0 Å². The van der Waals surface area contributed by atoms with Crippen LogP contribution in [0, 0.1) is 0 Å². The molecule has 3 aromatic carbocycles. The molecule has 1 aliphatic heterocycles. The first-order chi connectivity index (χ1) is 16.3. The van der Waals surface area contributed by atoms with E-state index in [0.717, 1.165) is 5.56 Å². The van der Waals surface area contributed by atoms with E-state index >= 15 is 0 Å². The van der Waals surface area contributed by atoms with Crippen molar-refractivity contribution in [1.82, 2.24) is 0 Å². The number of carbonyl (C=O) groups excluding carboxylic acids is 2. The first-order valence-corrected chi connectivity index (χ1v) is 12.2. The molecule has 0 aromatic heterocycles. The summed E-state index contributed by atoms with van der Waals surface area (Å²) >= 11 is 24.7. The zero-order valence-corrected chi connectivity index (χ0v) is 21.2. The highest BCUT2D eigenvalue weighted by Gasteiger charge is 2.33. The van der Waals surface area contributed by atoms with Gasteiger partial charge in [0, 0.05) is 0 Å². The van der Waals surface area contributed by atoms with Crippen molar-refractivity contribution in [3.8, 4) is 5.75 Å². The summed E-state index contributed by atoms with van der Waals surface area (Å²) in [5.74, 6) is -0.136. The first kappa shape index (κ1) is 24.6. The molecule has 1 N–H and O–H groups in total. The smallest absolute Gasteiger partial charge is 0.270 e. The lowest BCUT2D eigenvalue weighted by Crippen LogP contribution is -2.27. The Bertz CT molecular complexity index is 1330. The van der Waals surface area contributed by atoms with E-state index in [1.165, 1.54) is 16.7 Å². The minimum Gasteiger partial charge on any atom is -0.484 e. The highest BCUT2D eigenvalue weighted by molar-refractivity contribution is 8.27. The number of hydrogen-bond donors (Lipinski definition) is 1. The number of amides is 2. The Morgan fingerprint density at radius 1 is 1.00 bits per heavy atom. The quantitative estimate of drug-likeness (QED) is 0.263. The Morgan fingerprint density at radius 2 is 1.79 bits per heavy atom. The van der Waals surface area contributed by atoms with Gasteiger partial charge in [-0.1, -0.05) is 83.0 Å². The third-order valence-corrected chi connectivity index (χ3v) is 7.00. The molecule has 0 radical (unpaired) electrons. The van der Waals surface area contributed by atoms with E-state index in [2.05, 4.69) is 5.32 Å². The second-order valence-electron chi connectivity index (χ2n) is 7.00. The summed E-state index contributed by atoms with van der Waals surface area (Å²) < 4.78 is 6.00. The van der Waals surface area contributed by atoms with Gasteiger partial charge in [-0.25, -0.2) is 0 Å². The fourth-order valence-corrected chi connectivity index (χ4v) is 4.83. The van der Waals surface area contributed by atoms with Crippen LogP contribution in [0.1, 0.15) is 5.56 Å². The Balaban J connectivity index is 1.44. The Morgan fingerprint density at radius 3 is 2.56 bits per heavy atom. The molecular formula is C24H15Cl3N2O3S2. The fourth-order valence-electron chi connectivity index (χ4n) is 3.06. The number of halogens is 3. The van der Waals surface area contributed by atoms with E-state index in [4.69, 9.17) is 51.8 Å². The van der Waals surface area contributed by atoms with Crippen LogP contribution in [0.2, 0.25) is 15.1 Å². The number of para-hydroxylation sites is 1. The first-order valence-electron chi connectivity index (χ1n) is 9.82. The van der Waals surface area contributed by atoms with Gasteiger partial charge in [-0.2, -0.15) is 0 Å². The molecular weight excluding hydrogens is 535 g/mol. The van der Waals surface area contributed by atoms with Gasteiger partial charge in [0.05, 0.1) is 31.3 Å². The van der Waals surface area contributed by atoms with Crippen molar-refractivity contribution in [2.45, 2.75) is 0 Å². The average molecular weight is 550 g/mol. The van der Waals surface area contributed by atoms with Crippen molar-refractivity contribution in [3.63, 3.8) is 0 Å². The van der Waals surface area contributed by atoms with Crippen LogP contribution in [0.5, 0.6) is 5.75 Å². The minimum atomic E-state index is -0.346. The number of rotatable bonds is 6. The molecule has 0 bridgehead atoms. The largest absolute Gasteiger partial charge is 0.484 e. The van der Waals surface area contributed by atoms with Crippen molar-refractivity contribution in [3.05, 3.63) is 92.3 Å². The number of carbonyl (C=O) groups is 2.